The lowest BCUT2D eigenvalue weighted by Gasteiger charge is -2.23. The Morgan fingerprint density at radius 1 is 1.25 bits per heavy atom. The van der Waals surface area contributed by atoms with Gasteiger partial charge >= 0.3 is 0 Å². The normalized spacial score (nSPS) is 10.6. The van der Waals surface area contributed by atoms with Crippen molar-refractivity contribution in [3.8, 4) is 0 Å². The summed E-state index contributed by atoms with van der Waals surface area (Å²) < 4.78 is 0. The molecule has 0 unspecified atom stereocenters. The summed E-state index contributed by atoms with van der Waals surface area (Å²) in [5.41, 5.74) is 1.14. The van der Waals surface area contributed by atoms with Crippen LogP contribution in [-0.2, 0) is 0 Å². The molecule has 0 amide bonds. The number of nitrogens with zero attached hydrogens (tertiary/aromatic N) is 1. The fraction of sp³-hybridized carbons (Fsp3) is 0.636. The molecule has 0 rings (SSSR count). The molecular weight excluding hydrogens is 146 g/mol. The van der Waals surface area contributed by atoms with Crippen molar-refractivity contribution in [1.82, 2.24) is 4.90 Å². The highest BCUT2D eigenvalue weighted by atomic mass is 15.1. The zero-order valence-electron chi connectivity index (χ0n) is 8.64. The zero-order valence-corrected chi connectivity index (χ0v) is 8.64. The van der Waals surface area contributed by atoms with Gasteiger partial charge in [0, 0.05) is 18.8 Å². The van der Waals surface area contributed by atoms with E-state index in [-0.39, 0.29) is 0 Å². The smallest absolute Gasteiger partial charge is 0.0289 e. The Labute approximate surface area is 76.8 Å². The molecule has 1 nitrogen and oxygen atoms in total. The highest BCUT2D eigenvalue weighted by Crippen LogP contribution is 2.05. The van der Waals surface area contributed by atoms with Crippen LogP contribution >= 0.6 is 0 Å². The van der Waals surface area contributed by atoms with Crippen molar-refractivity contribution in [2.45, 2.75) is 33.6 Å². The zero-order chi connectivity index (χ0) is 9.40. The molecule has 0 spiro atoms. The van der Waals surface area contributed by atoms with Gasteiger partial charge in [-0.15, -0.1) is 0 Å². The number of allylic oxidation sites excluding steroid dienone is 2. The lowest BCUT2D eigenvalue weighted by Crippen LogP contribution is -2.23. The fourth-order valence-corrected chi connectivity index (χ4v) is 1.24. The molecule has 0 aromatic heterocycles. The molecule has 0 atom stereocenters. The molecule has 0 radical (unpaired) electrons. The predicted molar refractivity (Wildman–Crippen MR) is 56.1 cm³/mol. The summed E-state index contributed by atoms with van der Waals surface area (Å²) in [6, 6.07) is 0. The van der Waals surface area contributed by atoms with Gasteiger partial charge in [0.2, 0.25) is 0 Å². The summed E-state index contributed by atoms with van der Waals surface area (Å²) in [5, 5.41) is 0. The molecule has 0 aromatic carbocycles. The van der Waals surface area contributed by atoms with E-state index in [0.717, 1.165) is 18.8 Å². The molecule has 0 bridgehead atoms. The van der Waals surface area contributed by atoms with Crippen LogP contribution in [0.1, 0.15) is 33.6 Å². The quantitative estimate of drug-likeness (QED) is 0.549. The Morgan fingerprint density at radius 2 is 1.75 bits per heavy atom. The van der Waals surface area contributed by atoms with E-state index < -0.39 is 0 Å². The minimum Gasteiger partial charge on any atom is -0.372 e. The topological polar surface area (TPSA) is 3.24 Å². The van der Waals surface area contributed by atoms with E-state index in [2.05, 4.69) is 31.4 Å². The van der Waals surface area contributed by atoms with Crippen molar-refractivity contribution in [2.75, 3.05) is 13.1 Å². The Balaban J connectivity index is 3.98. The van der Waals surface area contributed by atoms with Crippen LogP contribution in [0.2, 0.25) is 0 Å². The van der Waals surface area contributed by atoms with Gasteiger partial charge in [-0.2, -0.15) is 0 Å². The molecule has 0 aliphatic carbocycles. The summed E-state index contributed by atoms with van der Waals surface area (Å²) in [7, 11) is 0. The molecule has 12 heavy (non-hydrogen) atoms. The van der Waals surface area contributed by atoms with Crippen LogP contribution in [-0.4, -0.2) is 18.0 Å². The van der Waals surface area contributed by atoms with Crippen molar-refractivity contribution in [2.24, 2.45) is 0 Å². The average Bonchev–Trinajstić information content (AvgIpc) is 2.04. The Bertz CT molecular complexity index is 141. The first-order valence-electron chi connectivity index (χ1n) is 4.82. The molecule has 0 saturated carbocycles. The minimum absolute atomic E-state index is 1.12. The van der Waals surface area contributed by atoms with Crippen LogP contribution in [0.15, 0.2) is 24.4 Å². The molecule has 0 aromatic rings. The van der Waals surface area contributed by atoms with Gasteiger partial charge in [0.15, 0.2) is 0 Å². The van der Waals surface area contributed by atoms with E-state index in [1.54, 1.807) is 0 Å². The maximum Gasteiger partial charge on any atom is 0.0289 e. The summed E-state index contributed by atoms with van der Waals surface area (Å²) in [6.45, 7) is 12.7. The van der Waals surface area contributed by atoms with E-state index >= 15 is 0 Å². The van der Waals surface area contributed by atoms with Crippen LogP contribution < -0.4 is 0 Å². The lowest BCUT2D eigenvalue weighted by molar-refractivity contribution is 0.356. The molecule has 0 fully saturated rings. The van der Waals surface area contributed by atoms with Crippen molar-refractivity contribution in [3.05, 3.63) is 24.4 Å². The predicted octanol–water partition coefficient (Wildman–Crippen LogP) is 3.20. The van der Waals surface area contributed by atoms with Crippen LogP contribution in [0.5, 0.6) is 0 Å². The second-order valence-electron chi connectivity index (χ2n) is 2.98. The van der Waals surface area contributed by atoms with Crippen molar-refractivity contribution < 1.29 is 0 Å². The van der Waals surface area contributed by atoms with E-state index in [1.807, 2.05) is 13.0 Å². The second kappa shape index (κ2) is 6.96. The molecule has 0 N–H and O–H groups in total. The largest absolute Gasteiger partial charge is 0.372 e. The standard InChI is InChI=1S/C11H21N/c1-5-8-11(4)12(9-6-2)10-7-3/h5,8H,4,6-7,9-10H2,1-3H3/b8-5-. The van der Waals surface area contributed by atoms with E-state index in [9.17, 15) is 0 Å². The Hall–Kier alpha value is -0.720. The van der Waals surface area contributed by atoms with Gasteiger partial charge in [0.1, 0.15) is 0 Å². The highest BCUT2D eigenvalue weighted by Gasteiger charge is 2.00. The van der Waals surface area contributed by atoms with Crippen LogP contribution in [0.4, 0.5) is 0 Å². The third-order valence-electron chi connectivity index (χ3n) is 1.75. The molecule has 0 heterocycles. The first kappa shape index (κ1) is 11.3. The van der Waals surface area contributed by atoms with Crippen molar-refractivity contribution in [3.63, 3.8) is 0 Å². The van der Waals surface area contributed by atoms with Gasteiger partial charge in [-0.3, -0.25) is 0 Å². The first-order chi connectivity index (χ1) is 5.76. The summed E-state index contributed by atoms with van der Waals surface area (Å²) >= 11 is 0. The molecular formula is C11H21N. The highest BCUT2D eigenvalue weighted by molar-refractivity contribution is 5.12. The monoisotopic (exact) mass is 167 g/mol. The summed E-state index contributed by atoms with van der Waals surface area (Å²) in [5.74, 6) is 0. The van der Waals surface area contributed by atoms with Gasteiger partial charge in [-0.1, -0.05) is 26.5 Å². The van der Waals surface area contributed by atoms with E-state index in [4.69, 9.17) is 0 Å². The molecule has 70 valence electrons. The third kappa shape index (κ3) is 4.22. The maximum absolute atomic E-state index is 4.02. The minimum atomic E-state index is 1.12. The molecule has 0 aliphatic heterocycles. The maximum atomic E-state index is 4.02. The van der Waals surface area contributed by atoms with Crippen LogP contribution in [0.3, 0.4) is 0 Å². The van der Waals surface area contributed by atoms with E-state index in [0.29, 0.717) is 0 Å². The van der Waals surface area contributed by atoms with Crippen LogP contribution in [0, 0.1) is 0 Å². The molecule has 0 aliphatic rings. The van der Waals surface area contributed by atoms with Gasteiger partial charge in [-0.25, -0.2) is 0 Å². The SMILES string of the molecule is C=C(/C=C\C)N(CCC)CCC. The number of hydrogen-bond acceptors (Lipinski definition) is 1. The fourth-order valence-electron chi connectivity index (χ4n) is 1.24. The second-order valence-corrected chi connectivity index (χ2v) is 2.98. The van der Waals surface area contributed by atoms with Gasteiger partial charge < -0.3 is 4.90 Å². The molecule has 1 heteroatoms. The van der Waals surface area contributed by atoms with Crippen molar-refractivity contribution in [1.29, 1.82) is 0 Å². The molecule has 0 saturated heterocycles. The summed E-state index contributed by atoms with van der Waals surface area (Å²) in [4.78, 5) is 2.33. The summed E-state index contributed by atoms with van der Waals surface area (Å²) in [6.07, 6.45) is 6.50. The van der Waals surface area contributed by atoms with Gasteiger partial charge in [0.25, 0.3) is 0 Å². The lowest BCUT2D eigenvalue weighted by atomic mass is 10.3. The number of hydrogen-bond donors (Lipinski definition) is 0. The van der Waals surface area contributed by atoms with Gasteiger partial charge in [-0.05, 0) is 25.8 Å². The third-order valence-corrected chi connectivity index (χ3v) is 1.75. The Morgan fingerprint density at radius 3 is 2.08 bits per heavy atom. The van der Waals surface area contributed by atoms with E-state index in [1.165, 1.54) is 12.8 Å². The van der Waals surface area contributed by atoms with Crippen LogP contribution in [0.25, 0.3) is 0 Å². The average molecular weight is 167 g/mol. The number of rotatable bonds is 6. The Kier molecular flexibility index (Phi) is 6.54. The first-order valence-corrected chi connectivity index (χ1v) is 4.82. The van der Waals surface area contributed by atoms with Crippen molar-refractivity contribution >= 4 is 0 Å². The van der Waals surface area contributed by atoms with Gasteiger partial charge in [0.05, 0.1) is 0 Å².